The Balaban J connectivity index is 1.82. The van der Waals surface area contributed by atoms with Gasteiger partial charge in [-0.2, -0.15) is 4.98 Å². The molecule has 0 radical (unpaired) electrons. The molecule has 21 heavy (non-hydrogen) atoms. The molecule has 0 spiro atoms. The number of halogens is 1. The van der Waals surface area contributed by atoms with E-state index in [0.29, 0.717) is 29.9 Å². The molecule has 0 aliphatic heterocycles. The maximum absolute atomic E-state index is 6.07. The van der Waals surface area contributed by atoms with Crippen molar-refractivity contribution in [2.45, 2.75) is 13.3 Å². The quantitative estimate of drug-likeness (QED) is 0.732. The van der Waals surface area contributed by atoms with Gasteiger partial charge < -0.3 is 15.4 Å². The molecular formula is C15H19ClN4O. The monoisotopic (exact) mass is 306 g/mol. The highest BCUT2D eigenvalue weighted by Crippen LogP contribution is 2.19. The molecule has 1 aromatic carbocycles. The van der Waals surface area contributed by atoms with Gasteiger partial charge in [0.05, 0.1) is 12.7 Å². The summed E-state index contributed by atoms with van der Waals surface area (Å²) in [5.41, 5.74) is 0. The predicted octanol–water partition coefficient (Wildman–Crippen LogP) is 3.44. The van der Waals surface area contributed by atoms with Crippen molar-refractivity contribution in [2.24, 2.45) is 0 Å². The van der Waals surface area contributed by atoms with Crippen molar-refractivity contribution in [1.82, 2.24) is 9.97 Å². The summed E-state index contributed by atoms with van der Waals surface area (Å²) in [5, 5.41) is 6.78. The van der Waals surface area contributed by atoms with Crippen LogP contribution in [0.1, 0.15) is 13.3 Å². The van der Waals surface area contributed by atoms with Crippen molar-refractivity contribution < 1.29 is 4.74 Å². The van der Waals surface area contributed by atoms with Crippen molar-refractivity contribution in [2.75, 3.05) is 30.3 Å². The molecule has 2 aromatic rings. The molecule has 0 saturated heterocycles. The summed E-state index contributed by atoms with van der Waals surface area (Å²) in [4.78, 5) is 8.46. The number of benzene rings is 1. The lowest BCUT2D eigenvalue weighted by molar-refractivity contribution is 0.333. The number of rotatable bonds is 8. The van der Waals surface area contributed by atoms with Crippen LogP contribution in [0.2, 0.25) is 5.02 Å². The van der Waals surface area contributed by atoms with E-state index in [0.717, 1.165) is 18.7 Å². The lowest BCUT2D eigenvalue weighted by atomic mass is 10.3. The van der Waals surface area contributed by atoms with Crippen LogP contribution in [0, 0.1) is 0 Å². The van der Waals surface area contributed by atoms with Crippen molar-refractivity contribution in [3.63, 3.8) is 0 Å². The van der Waals surface area contributed by atoms with Crippen LogP contribution in [0.15, 0.2) is 36.5 Å². The SMILES string of the molecule is CCCNc1ncc(Cl)c(NCCOc2ccccc2)n1. The van der Waals surface area contributed by atoms with E-state index in [-0.39, 0.29) is 0 Å². The molecule has 0 aliphatic rings. The average molecular weight is 307 g/mol. The molecule has 112 valence electrons. The summed E-state index contributed by atoms with van der Waals surface area (Å²) < 4.78 is 5.60. The van der Waals surface area contributed by atoms with E-state index in [1.807, 2.05) is 30.3 Å². The Bertz CT molecular complexity index is 551. The van der Waals surface area contributed by atoms with E-state index in [9.17, 15) is 0 Å². The van der Waals surface area contributed by atoms with Gasteiger partial charge in [0.2, 0.25) is 5.95 Å². The fourth-order valence-corrected chi connectivity index (χ4v) is 1.83. The summed E-state index contributed by atoms with van der Waals surface area (Å²) in [6.07, 6.45) is 2.60. The normalized spacial score (nSPS) is 10.2. The first-order chi connectivity index (χ1) is 10.3. The second kappa shape index (κ2) is 8.32. The minimum absolute atomic E-state index is 0.497. The second-order valence-electron chi connectivity index (χ2n) is 4.41. The number of hydrogen-bond donors (Lipinski definition) is 2. The number of nitrogens with one attached hydrogen (secondary N) is 2. The number of nitrogens with zero attached hydrogens (tertiary/aromatic N) is 2. The third-order valence-corrected chi connectivity index (χ3v) is 2.96. The molecule has 6 heteroatoms. The average Bonchev–Trinajstić information content (AvgIpc) is 2.53. The Hall–Kier alpha value is -2.01. The molecule has 5 nitrogen and oxygen atoms in total. The topological polar surface area (TPSA) is 59.1 Å². The van der Waals surface area contributed by atoms with Crippen LogP contribution >= 0.6 is 11.6 Å². The molecule has 0 saturated carbocycles. The third kappa shape index (κ3) is 5.11. The highest BCUT2D eigenvalue weighted by molar-refractivity contribution is 6.32. The molecule has 0 aliphatic carbocycles. The highest BCUT2D eigenvalue weighted by Gasteiger charge is 2.04. The van der Waals surface area contributed by atoms with E-state index in [2.05, 4.69) is 27.5 Å². The zero-order chi connectivity index (χ0) is 14.9. The molecule has 0 atom stereocenters. The van der Waals surface area contributed by atoms with Crippen LogP contribution in [0.4, 0.5) is 11.8 Å². The first kappa shape index (κ1) is 15.4. The Morgan fingerprint density at radius 2 is 1.95 bits per heavy atom. The molecule has 0 amide bonds. The summed E-state index contributed by atoms with van der Waals surface area (Å²) in [6.45, 7) is 4.06. The molecule has 2 N–H and O–H groups in total. The number of ether oxygens (including phenoxy) is 1. The summed E-state index contributed by atoms with van der Waals surface area (Å²) >= 11 is 6.07. The minimum atomic E-state index is 0.497. The maximum Gasteiger partial charge on any atom is 0.224 e. The Morgan fingerprint density at radius 3 is 2.71 bits per heavy atom. The largest absolute Gasteiger partial charge is 0.492 e. The standard InChI is InChI=1S/C15H19ClN4O/c1-2-8-18-15-19-11-13(16)14(20-15)17-9-10-21-12-6-4-3-5-7-12/h3-7,11H,2,8-10H2,1H3,(H2,17,18,19,20). The fraction of sp³-hybridized carbons (Fsp3) is 0.333. The van der Waals surface area contributed by atoms with Gasteiger partial charge in [-0.1, -0.05) is 36.7 Å². The number of hydrogen-bond acceptors (Lipinski definition) is 5. The smallest absolute Gasteiger partial charge is 0.224 e. The van der Waals surface area contributed by atoms with Crippen LogP contribution in [-0.4, -0.2) is 29.7 Å². The molecule has 1 aromatic heterocycles. The lowest BCUT2D eigenvalue weighted by Gasteiger charge is -2.10. The molecule has 2 rings (SSSR count). The van der Waals surface area contributed by atoms with E-state index in [1.165, 1.54) is 0 Å². The minimum Gasteiger partial charge on any atom is -0.492 e. The van der Waals surface area contributed by atoms with E-state index >= 15 is 0 Å². The summed E-state index contributed by atoms with van der Waals surface area (Å²) in [6, 6.07) is 9.68. The fourth-order valence-electron chi connectivity index (χ4n) is 1.67. The first-order valence-electron chi connectivity index (χ1n) is 6.97. The van der Waals surface area contributed by atoms with Gasteiger partial charge in [-0.25, -0.2) is 4.98 Å². The number of aromatic nitrogens is 2. The van der Waals surface area contributed by atoms with E-state index in [1.54, 1.807) is 6.20 Å². The van der Waals surface area contributed by atoms with Gasteiger partial charge in [0.1, 0.15) is 17.4 Å². The highest BCUT2D eigenvalue weighted by atomic mass is 35.5. The zero-order valence-corrected chi connectivity index (χ0v) is 12.7. The molecule has 0 bridgehead atoms. The lowest BCUT2D eigenvalue weighted by Crippen LogP contribution is -2.14. The summed E-state index contributed by atoms with van der Waals surface area (Å²) in [7, 11) is 0. The van der Waals surface area contributed by atoms with Gasteiger partial charge in [0.25, 0.3) is 0 Å². The van der Waals surface area contributed by atoms with Crippen molar-refractivity contribution in [1.29, 1.82) is 0 Å². The van der Waals surface area contributed by atoms with Gasteiger partial charge >= 0.3 is 0 Å². The van der Waals surface area contributed by atoms with Gasteiger partial charge in [-0.05, 0) is 18.6 Å². The van der Waals surface area contributed by atoms with Crippen molar-refractivity contribution in [3.8, 4) is 5.75 Å². The third-order valence-electron chi connectivity index (χ3n) is 2.68. The molecular weight excluding hydrogens is 288 g/mol. The molecule has 0 fully saturated rings. The van der Waals surface area contributed by atoms with Crippen molar-refractivity contribution >= 4 is 23.4 Å². The van der Waals surface area contributed by atoms with E-state index < -0.39 is 0 Å². The van der Waals surface area contributed by atoms with Crippen LogP contribution in [0.3, 0.4) is 0 Å². The zero-order valence-electron chi connectivity index (χ0n) is 12.0. The van der Waals surface area contributed by atoms with Gasteiger partial charge in [-0.3, -0.25) is 0 Å². The van der Waals surface area contributed by atoms with Crippen LogP contribution in [-0.2, 0) is 0 Å². The number of anilines is 2. The Labute approximate surface area is 129 Å². The van der Waals surface area contributed by atoms with Gasteiger partial charge in [0.15, 0.2) is 5.82 Å². The van der Waals surface area contributed by atoms with Gasteiger partial charge in [0, 0.05) is 6.54 Å². The van der Waals surface area contributed by atoms with Gasteiger partial charge in [-0.15, -0.1) is 0 Å². The van der Waals surface area contributed by atoms with E-state index in [4.69, 9.17) is 16.3 Å². The molecule has 1 heterocycles. The van der Waals surface area contributed by atoms with Crippen molar-refractivity contribution in [3.05, 3.63) is 41.6 Å². The molecule has 0 unspecified atom stereocenters. The first-order valence-corrected chi connectivity index (χ1v) is 7.35. The maximum atomic E-state index is 6.07. The van der Waals surface area contributed by atoms with Crippen LogP contribution in [0.5, 0.6) is 5.75 Å². The number of para-hydroxylation sites is 1. The Kier molecular flexibility index (Phi) is 6.09. The predicted molar refractivity (Wildman–Crippen MR) is 86.2 cm³/mol. The summed E-state index contributed by atoms with van der Waals surface area (Å²) in [5.74, 6) is 2.04. The van der Waals surface area contributed by atoms with Crippen LogP contribution in [0.25, 0.3) is 0 Å². The second-order valence-corrected chi connectivity index (χ2v) is 4.81. The van der Waals surface area contributed by atoms with Crippen LogP contribution < -0.4 is 15.4 Å². The Morgan fingerprint density at radius 1 is 1.14 bits per heavy atom.